The first kappa shape index (κ1) is 14.9. The summed E-state index contributed by atoms with van der Waals surface area (Å²) in [4.78, 5) is 12.3. The van der Waals surface area contributed by atoms with E-state index in [9.17, 15) is 18.0 Å². The molecule has 1 N–H and O–H groups in total. The summed E-state index contributed by atoms with van der Waals surface area (Å²) < 4.78 is 42.6. The first-order valence-electron chi connectivity index (χ1n) is 6.52. The molecule has 0 saturated carbocycles. The number of aromatic nitrogens is 2. The minimum absolute atomic E-state index is 0.0786. The zero-order chi connectivity index (χ0) is 16.4. The lowest BCUT2D eigenvalue weighted by atomic mass is 10.2. The molecule has 3 aromatic rings. The van der Waals surface area contributed by atoms with Gasteiger partial charge in [-0.05, 0) is 24.3 Å². The maximum Gasteiger partial charge on any atom is 0.573 e. The topological polar surface area (TPSA) is 55.6 Å². The second-order valence-corrected chi connectivity index (χ2v) is 4.59. The van der Waals surface area contributed by atoms with Crippen LogP contribution in [0.4, 0.5) is 18.9 Å². The quantitative estimate of drug-likeness (QED) is 0.803. The van der Waals surface area contributed by atoms with E-state index in [1.165, 1.54) is 28.9 Å². The number of alkyl halides is 3. The Hall–Kier alpha value is -3.03. The van der Waals surface area contributed by atoms with Crippen molar-refractivity contribution in [1.82, 2.24) is 9.61 Å². The van der Waals surface area contributed by atoms with E-state index in [0.29, 0.717) is 5.52 Å². The highest BCUT2D eigenvalue weighted by molar-refractivity contribution is 6.09. The van der Waals surface area contributed by atoms with Crippen molar-refractivity contribution < 1.29 is 22.7 Å². The number of anilines is 1. The number of para-hydroxylation sites is 2. The summed E-state index contributed by atoms with van der Waals surface area (Å²) in [5.74, 6) is -1.06. The Labute approximate surface area is 128 Å². The number of carbonyl (C=O) groups excluding carboxylic acids is 1. The molecule has 2 aromatic heterocycles. The van der Waals surface area contributed by atoms with Gasteiger partial charge >= 0.3 is 6.36 Å². The molecule has 0 unspecified atom stereocenters. The van der Waals surface area contributed by atoms with Crippen LogP contribution in [-0.2, 0) is 0 Å². The van der Waals surface area contributed by atoms with Crippen LogP contribution in [0.3, 0.4) is 0 Å². The molecule has 0 aliphatic carbocycles. The normalized spacial score (nSPS) is 11.4. The second-order valence-electron chi connectivity index (χ2n) is 4.59. The van der Waals surface area contributed by atoms with Crippen LogP contribution in [0.15, 0.2) is 54.9 Å². The molecule has 8 heteroatoms. The molecule has 0 spiro atoms. The van der Waals surface area contributed by atoms with Crippen LogP contribution in [0.1, 0.15) is 10.4 Å². The van der Waals surface area contributed by atoms with Gasteiger partial charge in [0, 0.05) is 6.20 Å². The summed E-state index contributed by atoms with van der Waals surface area (Å²) in [6, 6.07) is 10.5. The summed E-state index contributed by atoms with van der Waals surface area (Å²) in [5, 5.41) is 6.42. The third kappa shape index (κ3) is 3.25. The molecular formula is C15H10F3N3O2. The van der Waals surface area contributed by atoms with Crippen molar-refractivity contribution in [2.45, 2.75) is 6.36 Å². The maximum absolute atomic E-state index is 12.4. The Morgan fingerprint density at radius 2 is 1.87 bits per heavy atom. The average Bonchev–Trinajstić information content (AvgIpc) is 2.92. The summed E-state index contributed by atoms with van der Waals surface area (Å²) in [6.45, 7) is 0. The fraction of sp³-hybridized carbons (Fsp3) is 0.0667. The van der Waals surface area contributed by atoms with Gasteiger partial charge < -0.3 is 10.1 Å². The molecule has 0 fully saturated rings. The SMILES string of the molecule is O=C(Nc1ccccc1OC(F)(F)F)c1cnn2ccccc12. The van der Waals surface area contributed by atoms with Crippen LogP contribution in [0.25, 0.3) is 5.52 Å². The highest BCUT2D eigenvalue weighted by atomic mass is 19.4. The van der Waals surface area contributed by atoms with Gasteiger partial charge in [0.1, 0.15) is 0 Å². The van der Waals surface area contributed by atoms with Crippen LogP contribution < -0.4 is 10.1 Å². The Morgan fingerprint density at radius 1 is 1.13 bits per heavy atom. The molecule has 1 aromatic carbocycles. The number of pyridine rings is 1. The van der Waals surface area contributed by atoms with E-state index in [0.717, 1.165) is 6.07 Å². The van der Waals surface area contributed by atoms with Crippen molar-refractivity contribution in [3.8, 4) is 5.75 Å². The smallest absolute Gasteiger partial charge is 0.404 e. The summed E-state index contributed by atoms with van der Waals surface area (Å²) in [7, 11) is 0. The molecule has 118 valence electrons. The average molecular weight is 321 g/mol. The Kier molecular flexibility index (Phi) is 3.65. The number of halogens is 3. The monoisotopic (exact) mass is 321 g/mol. The predicted molar refractivity (Wildman–Crippen MR) is 76.3 cm³/mol. The van der Waals surface area contributed by atoms with Crippen molar-refractivity contribution in [3.05, 3.63) is 60.4 Å². The molecule has 0 atom stereocenters. The van der Waals surface area contributed by atoms with Crippen molar-refractivity contribution >= 4 is 17.1 Å². The summed E-state index contributed by atoms with van der Waals surface area (Å²) in [5.41, 5.74) is 0.705. The lowest BCUT2D eigenvalue weighted by molar-refractivity contribution is -0.274. The number of carbonyl (C=O) groups is 1. The fourth-order valence-electron chi connectivity index (χ4n) is 2.08. The van der Waals surface area contributed by atoms with E-state index < -0.39 is 18.0 Å². The van der Waals surface area contributed by atoms with Crippen molar-refractivity contribution in [2.24, 2.45) is 0 Å². The molecule has 0 aliphatic rings. The van der Waals surface area contributed by atoms with Gasteiger partial charge in [-0.15, -0.1) is 13.2 Å². The molecule has 1 amide bonds. The molecule has 3 rings (SSSR count). The minimum Gasteiger partial charge on any atom is -0.404 e. The standard InChI is InChI=1S/C15H10F3N3O2/c16-15(17,18)23-13-7-2-1-5-11(13)20-14(22)10-9-19-21-8-4-3-6-12(10)21/h1-9H,(H,20,22). The lowest BCUT2D eigenvalue weighted by Gasteiger charge is -2.13. The van der Waals surface area contributed by atoms with Crippen molar-refractivity contribution in [1.29, 1.82) is 0 Å². The van der Waals surface area contributed by atoms with Gasteiger partial charge in [0.05, 0.1) is 23.0 Å². The maximum atomic E-state index is 12.4. The molecule has 0 bridgehead atoms. The summed E-state index contributed by atoms with van der Waals surface area (Å²) >= 11 is 0. The zero-order valence-corrected chi connectivity index (χ0v) is 11.5. The largest absolute Gasteiger partial charge is 0.573 e. The number of fused-ring (bicyclic) bond motifs is 1. The molecule has 0 saturated heterocycles. The van der Waals surface area contributed by atoms with E-state index in [4.69, 9.17) is 0 Å². The van der Waals surface area contributed by atoms with Crippen LogP contribution in [0.2, 0.25) is 0 Å². The van der Waals surface area contributed by atoms with E-state index >= 15 is 0 Å². The Bertz CT molecular complexity index is 858. The number of hydrogen-bond donors (Lipinski definition) is 1. The fourth-order valence-corrected chi connectivity index (χ4v) is 2.08. The second kappa shape index (κ2) is 5.64. The number of nitrogens with zero attached hydrogens (tertiary/aromatic N) is 2. The van der Waals surface area contributed by atoms with Gasteiger partial charge in [0.25, 0.3) is 5.91 Å². The van der Waals surface area contributed by atoms with Gasteiger partial charge in [-0.2, -0.15) is 5.10 Å². The number of hydrogen-bond acceptors (Lipinski definition) is 3. The molecular weight excluding hydrogens is 311 g/mol. The molecule has 0 aliphatic heterocycles. The van der Waals surface area contributed by atoms with E-state index in [2.05, 4.69) is 15.2 Å². The van der Waals surface area contributed by atoms with E-state index in [1.54, 1.807) is 24.4 Å². The van der Waals surface area contributed by atoms with Gasteiger partial charge in [-0.3, -0.25) is 4.79 Å². The van der Waals surface area contributed by atoms with Crippen LogP contribution in [0.5, 0.6) is 5.75 Å². The van der Waals surface area contributed by atoms with Crippen LogP contribution >= 0.6 is 0 Å². The van der Waals surface area contributed by atoms with Crippen LogP contribution in [0, 0.1) is 0 Å². The van der Waals surface area contributed by atoms with Crippen molar-refractivity contribution in [2.75, 3.05) is 5.32 Å². The number of benzene rings is 1. The Balaban J connectivity index is 1.89. The predicted octanol–water partition coefficient (Wildman–Crippen LogP) is 3.49. The van der Waals surface area contributed by atoms with Crippen molar-refractivity contribution in [3.63, 3.8) is 0 Å². The zero-order valence-electron chi connectivity index (χ0n) is 11.5. The van der Waals surface area contributed by atoms with Gasteiger partial charge in [0.15, 0.2) is 5.75 Å². The van der Waals surface area contributed by atoms with Gasteiger partial charge in [0.2, 0.25) is 0 Å². The number of amides is 1. The van der Waals surface area contributed by atoms with E-state index in [1.807, 2.05) is 0 Å². The van der Waals surface area contributed by atoms with E-state index in [-0.39, 0.29) is 11.3 Å². The highest BCUT2D eigenvalue weighted by Crippen LogP contribution is 2.30. The third-order valence-electron chi connectivity index (χ3n) is 3.03. The molecule has 23 heavy (non-hydrogen) atoms. The van der Waals surface area contributed by atoms with Crippen LogP contribution in [-0.4, -0.2) is 21.9 Å². The summed E-state index contributed by atoms with van der Waals surface area (Å²) in [6.07, 6.45) is -1.84. The number of rotatable bonds is 3. The highest BCUT2D eigenvalue weighted by Gasteiger charge is 2.32. The third-order valence-corrected chi connectivity index (χ3v) is 3.03. The first-order valence-corrected chi connectivity index (χ1v) is 6.52. The molecule has 5 nitrogen and oxygen atoms in total. The van der Waals surface area contributed by atoms with Gasteiger partial charge in [-0.1, -0.05) is 18.2 Å². The lowest BCUT2D eigenvalue weighted by Crippen LogP contribution is -2.19. The molecule has 2 heterocycles. The first-order chi connectivity index (χ1) is 10.9. The Morgan fingerprint density at radius 3 is 2.65 bits per heavy atom. The number of ether oxygens (including phenoxy) is 1. The van der Waals surface area contributed by atoms with Gasteiger partial charge in [-0.25, -0.2) is 4.52 Å². The number of nitrogens with one attached hydrogen (secondary N) is 1. The minimum atomic E-state index is -4.84. The molecule has 0 radical (unpaired) electrons.